The number of hydrogen-bond acceptors (Lipinski definition) is 2. The lowest BCUT2D eigenvalue weighted by Crippen LogP contribution is -2.22. The molecule has 1 aliphatic heterocycles. The van der Waals surface area contributed by atoms with E-state index < -0.39 is 0 Å². The second-order valence-corrected chi connectivity index (χ2v) is 5.19. The van der Waals surface area contributed by atoms with E-state index in [2.05, 4.69) is 24.1 Å². The molecule has 0 saturated heterocycles. The van der Waals surface area contributed by atoms with Crippen molar-refractivity contribution in [3.8, 4) is 0 Å². The van der Waals surface area contributed by atoms with Crippen LogP contribution in [0, 0.1) is 5.82 Å². The van der Waals surface area contributed by atoms with Gasteiger partial charge in [-0.3, -0.25) is 5.01 Å². The van der Waals surface area contributed by atoms with Crippen molar-refractivity contribution in [2.24, 2.45) is 5.10 Å². The maximum atomic E-state index is 13.0. The molecule has 0 N–H and O–H groups in total. The van der Waals surface area contributed by atoms with E-state index >= 15 is 0 Å². The normalized spacial score (nSPS) is 18.2. The second kappa shape index (κ2) is 5.45. The van der Waals surface area contributed by atoms with Crippen LogP contribution in [0.1, 0.15) is 24.5 Å². The van der Waals surface area contributed by atoms with Gasteiger partial charge in [-0.1, -0.05) is 42.5 Å². The molecular formula is C17H17FN2. The van der Waals surface area contributed by atoms with E-state index in [0.717, 1.165) is 24.2 Å². The van der Waals surface area contributed by atoms with Crippen LogP contribution in [0.15, 0.2) is 59.7 Å². The quantitative estimate of drug-likeness (QED) is 0.826. The predicted molar refractivity (Wildman–Crippen MR) is 79.0 cm³/mol. The number of halogens is 1. The van der Waals surface area contributed by atoms with Crippen molar-refractivity contribution in [2.75, 3.05) is 0 Å². The molecule has 1 aliphatic rings. The summed E-state index contributed by atoms with van der Waals surface area (Å²) in [6, 6.07) is 17.3. The molecule has 1 unspecified atom stereocenters. The van der Waals surface area contributed by atoms with Gasteiger partial charge in [-0.2, -0.15) is 5.10 Å². The molecule has 0 bridgehead atoms. The lowest BCUT2D eigenvalue weighted by Gasteiger charge is -2.19. The first kappa shape index (κ1) is 12.9. The van der Waals surface area contributed by atoms with Crippen molar-refractivity contribution in [1.82, 2.24) is 5.01 Å². The standard InChI is InChI=1S/C17H17FN2/c1-13-11-17(15-7-9-16(18)10-8-15)19-20(13)12-14-5-3-2-4-6-14/h2-10,13H,11-12H2,1H3. The van der Waals surface area contributed by atoms with Gasteiger partial charge in [-0.25, -0.2) is 4.39 Å². The van der Waals surface area contributed by atoms with Crippen LogP contribution in [0.4, 0.5) is 4.39 Å². The van der Waals surface area contributed by atoms with Gasteiger partial charge in [-0.15, -0.1) is 0 Å². The minimum Gasteiger partial charge on any atom is -0.289 e. The third-order valence-electron chi connectivity index (χ3n) is 3.61. The number of hydrogen-bond donors (Lipinski definition) is 0. The zero-order chi connectivity index (χ0) is 13.9. The largest absolute Gasteiger partial charge is 0.289 e. The zero-order valence-electron chi connectivity index (χ0n) is 11.5. The Morgan fingerprint density at radius 2 is 1.80 bits per heavy atom. The first-order valence-electron chi connectivity index (χ1n) is 6.86. The molecule has 3 heteroatoms. The van der Waals surface area contributed by atoms with Crippen molar-refractivity contribution in [2.45, 2.75) is 25.9 Å². The van der Waals surface area contributed by atoms with Crippen LogP contribution in [0.5, 0.6) is 0 Å². The highest BCUT2D eigenvalue weighted by molar-refractivity contribution is 6.01. The Hall–Kier alpha value is -2.16. The van der Waals surface area contributed by atoms with E-state index in [0.29, 0.717) is 6.04 Å². The van der Waals surface area contributed by atoms with Crippen LogP contribution >= 0.6 is 0 Å². The molecule has 0 fully saturated rings. The lowest BCUT2D eigenvalue weighted by molar-refractivity contribution is 0.236. The fourth-order valence-electron chi connectivity index (χ4n) is 2.46. The number of benzene rings is 2. The molecule has 1 atom stereocenters. The van der Waals surface area contributed by atoms with Crippen LogP contribution in [-0.2, 0) is 6.54 Å². The minimum absolute atomic E-state index is 0.207. The summed E-state index contributed by atoms with van der Waals surface area (Å²) in [4.78, 5) is 0. The molecular weight excluding hydrogens is 251 g/mol. The van der Waals surface area contributed by atoms with Gasteiger partial charge >= 0.3 is 0 Å². The summed E-state index contributed by atoms with van der Waals surface area (Å²) in [6.07, 6.45) is 0.901. The molecule has 0 saturated carbocycles. The highest BCUT2D eigenvalue weighted by Crippen LogP contribution is 2.22. The third-order valence-corrected chi connectivity index (χ3v) is 3.61. The molecule has 102 valence electrons. The van der Waals surface area contributed by atoms with Crippen molar-refractivity contribution < 1.29 is 4.39 Å². The summed E-state index contributed by atoms with van der Waals surface area (Å²) < 4.78 is 13.0. The van der Waals surface area contributed by atoms with E-state index in [1.807, 2.05) is 18.2 Å². The minimum atomic E-state index is -0.207. The summed E-state index contributed by atoms with van der Waals surface area (Å²) in [6.45, 7) is 2.98. The van der Waals surface area contributed by atoms with E-state index in [9.17, 15) is 4.39 Å². The SMILES string of the molecule is CC1CC(c2ccc(F)cc2)=NN1Cc1ccccc1. The number of hydrazone groups is 1. The Labute approximate surface area is 118 Å². The smallest absolute Gasteiger partial charge is 0.123 e. The van der Waals surface area contributed by atoms with Crippen molar-refractivity contribution in [3.05, 3.63) is 71.5 Å². The molecule has 2 aromatic rings. The predicted octanol–water partition coefficient (Wildman–Crippen LogP) is 3.82. The van der Waals surface area contributed by atoms with Crippen molar-refractivity contribution in [3.63, 3.8) is 0 Å². The summed E-state index contributed by atoms with van der Waals surface area (Å²) >= 11 is 0. The molecule has 2 aromatic carbocycles. The first-order chi connectivity index (χ1) is 9.72. The number of rotatable bonds is 3. The average molecular weight is 268 g/mol. The summed E-state index contributed by atoms with van der Waals surface area (Å²) in [5, 5.41) is 6.80. The van der Waals surface area contributed by atoms with Gasteiger partial charge in [0.25, 0.3) is 0 Å². The van der Waals surface area contributed by atoms with Crippen LogP contribution in [0.3, 0.4) is 0 Å². The van der Waals surface area contributed by atoms with Crippen LogP contribution in [-0.4, -0.2) is 16.8 Å². The van der Waals surface area contributed by atoms with E-state index in [4.69, 9.17) is 5.10 Å². The van der Waals surface area contributed by atoms with E-state index in [1.165, 1.54) is 17.7 Å². The Kier molecular flexibility index (Phi) is 3.50. The Bertz CT molecular complexity index is 605. The second-order valence-electron chi connectivity index (χ2n) is 5.19. The highest BCUT2D eigenvalue weighted by Gasteiger charge is 2.23. The monoisotopic (exact) mass is 268 g/mol. The first-order valence-corrected chi connectivity index (χ1v) is 6.86. The Morgan fingerprint density at radius 3 is 2.50 bits per heavy atom. The van der Waals surface area contributed by atoms with Gasteiger partial charge in [0.2, 0.25) is 0 Å². The van der Waals surface area contributed by atoms with Crippen LogP contribution in [0.2, 0.25) is 0 Å². The Morgan fingerprint density at radius 1 is 1.10 bits per heavy atom. The van der Waals surface area contributed by atoms with E-state index in [1.54, 1.807) is 12.1 Å². The molecule has 0 amide bonds. The summed E-state index contributed by atoms with van der Waals surface area (Å²) in [5.74, 6) is -0.207. The molecule has 0 aromatic heterocycles. The maximum Gasteiger partial charge on any atom is 0.123 e. The fraction of sp³-hybridized carbons (Fsp3) is 0.235. The van der Waals surface area contributed by atoms with Gasteiger partial charge in [0.15, 0.2) is 0 Å². The molecule has 0 radical (unpaired) electrons. The average Bonchev–Trinajstić information content (AvgIpc) is 2.82. The van der Waals surface area contributed by atoms with Gasteiger partial charge in [0.05, 0.1) is 18.3 Å². The highest BCUT2D eigenvalue weighted by atomic mass is 19.1. The molecule has 3 rings (SSSR count). The maximum absolute atomic E-state index is 13.0. The van der Waals surface area contributed by atoms with Gasteiger partial charge in [0.1, 0.15) is 5.82 Å². The summed E-state index contributed by atoms with van der Waals surface area (Å²) in [7, 11) is 0. The fourth-order valence-corrected chi connectivity index (χ4v) is 2.46. The Balaban J connectivity index is 1.78. The van der Waals surface area contributed by atoms with Crippen molar-refractivity contribution in [1.29, 1.82) is 0 Å². The molecule has 0 aliphatic carbocycles. The molecule has 2 nitrogen and oxygen atoms in total. The number of nitrogens with zero attached hydrogens (tertiary/aromatic N) is 2. The molecule has 1 heterocycles. The lowest BCUT2D eigenvalue weighted by atomic mass is 10.0. The molecule has 20 heavy (non-hydrogen) atoms. The van der Waals surface area contributed by atoms with Gasteiger partial charge in [0, 0.05) is 6.42 Å². The van der Waals surface area contributed by atoms with Gasteiger partial charge in [-0.05, 0) is 30.2 Å². The zero-order valence-corrected chi connectivity index (χ0v) is 11.5. The molecule has 0 spiro atoms. The van der Waals surface area contributed by atoms with Crippen molar-refractivity contribution >= 4 is 5.71 Å². The van der Waals surface area contributed by atoms with Crippen LogP contribution < -0.4 is 0 Å². The van der Waals surface area contributed by atoms with E-state index in [-0.39, 0.29) is 5.82 Å². The van der Waals surface area contributed by atoms with Crippen LogP contribution in [0.25, 0.3) is 0 Å². The van der Waals surface area contributed by atoms with Gasteiger partial charge < -0.3 is 0 Å². The summed E-state index contributed by atoms with van der Waals surface area (Å²) in [5.41, 5.74) is 3.30. The third kappa shape index (κ3) is 2.72. The topological polar surface area (TPSA) is 15.6 Å².